The normalized spacial score (nSPS) is 37.3. The minimum absolute atomic E-state index is 0.474. The molecular formula is C11H20N2O2. The molecule has 0 aromatic carbocycles. The molecule has 2 aliphatic rings. The molecule has 4 heteroatoms. The van der Waals surface area contributed by atoms with E-state index in [0.29, 0.717) is 24.3 Å². The molecule has 1 aliphatic heterocycles. The van der Waals surface area contributed by atoms with Gasteiger partial charge in [-0.25, -0.2) is 0 Å². The van der Waals surface area contributed by atoms with Gasteiger partial charge in [0.15, 0.2) is 0 Å². The van der Waals surface area contributed by atoms with E-state index in [-0.39, 0.29) is 0 Å². The summed E-state index contributed by atoms with van der Waals surface area (Å²) in [4.78, 5) is 10.7. The predicted octanol–water partition coefficient (Wildman–Crippen LogP) is 0.567. The second-order valence-corrected chi connectivity index (χ2v) is 4.90. The summed E-state index contributed by atoms with van der Waals surface area (Å²) in [6.07, 6.45) is 5.73. The molecule has 1 saturated carbocycles. The average Bonchev–Trinajstić information content (AvgIpc) is 2.62. The first kappa shape index (κ1) is 10.9. The predicted molar refractivity (Wildman–Crippen MR) is 57.5 cm³/mol. The molecule has 0 spiro atoms. The van der Waals surface area contributed by atoms with Gasteiger partial charge >= 0.3 is 5.97 Å². The highest BCUT2D eigenvalue weighted by atomic mass is 16.4. The SMILES string of the molecule is NC(CC1CNC2CCCCC12)C(=O)O. The minimum Gasteiger partial charge on any atom is -0.480 e. The molecule has 0 radical (unpaired) electrons. The van der Waals surface area contributed by atoms with Crippen molar-refractivity contribution in [1.29, 1.82) is 0 Å². The number of rotatable bonds is 3. The van der Waals surface area contributed by atoms with E-state index in [0.717, 1.165) is 6.54 Å². The minimum atomic E-state index is -0.866. The largest absolute Gasteiger partial charge is 0.480 e. The summed E-state index contributed by atoms with van der Waals surface area (Å²) in [7, 11) is 0. The van der Waals surface area contributed by atoms with Crippen LogP contribution in [0, 0.1) is 11.8 Å². The molecule has 2 rings (SSSR count). The van der Waals surface area contributed by atoms with E-state index in [9.17, 15) is 4.79 Å². The van der Waals surface area contributed by atoms with Gasteiger partial charge in [0.25, 0.3) is 0 Å². The van der Waals surface area contributed by atoms with Gasteiger partial charge in [-0.1, -0.05) is 12.8 Å². The monoisotopic (exact) mass is 212 g/mol. The van der Waals surface area contributed by atoms with Gasteiger partial charge in [-0.2, -0.15) is 0 Å². The van der Waals surface area contributed by atoms with Gasteiger partial charge < -0.3 is 16.2 Å². The number of hydrogen-bond donors (Lipinski definition) is 3. The number of carboxylic acid groups (broad SMARTS) is 1. The molecule has 4 nitrogen and oxygen atoms in total. The molecular weight excluding hydrogens is 192 g/mol. The van der Waals surface area contributed by atoms with Crippen LogP contribution in [0.1, 0.15) is 32.1 Å². The summed E-state index contributed by atoms with van der Waals surface area (Å²) in [5.41, 5.74) is 5.59. The van der Waals surface area contributed by atoms with Crippen LogP contribution in [0.25, 0.3) is 0 Å². The van der Waals surface area contributed by atoms with Crippen molar-refractivity contribution in [3.63, 3.8) is 0 Å². The van der Waals surface area contributed by atoms with E-state index in [1.165, 1.54) is 25.7 Å². The zero-order valence-electron chi connectivity index (χ0n) is 8.98. The van der Waals surface area contributed by atoms with Gasteiger partial charge in [-0.3, -0.25) is 4.79 Å². The quantitative estimate of drug-likeness (QED) is 0.639. The van der Waals surface area contributed by atoms with Crippen molar-refractivity contribution in [3.8, 4) is 0 Å². The maximum atomic E-state index is 10.7. The van der Waals surface area contributed by atoms with Crippen LogP contribution in [-0.2, 0) is 4.79 Å². The van der Waals surface area contributed by atoms with Gasteiger partial charge in [0.1, 0.15) is 6.04 Å². The zero-order chi connectivity index (χ0) is 10.8. The first-order valence-corrected chi connectivity index (χ1v) is 5.90. The third-order valence-electron chi connectivity index (χ3n) is 3.94. The molecule has 1 aliphatic carbocycles. The molecule has 4 N–H and O–H groups in total. The lowest BCUT2D eigenvalue weighted by molar-refractivity contribution is -0.139. The molecule has 0 aromatic rings. The van der Waals surface area contributed by atoms with E-state index in [1.807, 2.05) is 0 Å². The standard InChI is InChI=1S/C11H20N2O2/c12-9(11(14)15)5-7-6-13-10-4-2-1-3-8(7)10/h7-10,13H,1-6,12H2,(H,14,15). The third kappa shape index (κ3) is 2.32. The van der Waals surface area contributed by atoms with Crippen LogP contribution >= 0.6 is 0 Å². The topological polar surface area (TPSA) is 75.3 Å². The summed E-state index contributed by atoms with van der Waals surface area (Å²) in [6.45, 7) is 0.955. The smallest absolute Gasteiger partial charge is 0.320 e. The molecule has 2 fully saturated rings. The van der Waals surface area contributed by atoms with Crippen molar-refractivity contribution in [3.05, 3.63) is 0 Å². The Hall–Kier alpha value is -0.610. The summed E-state index contributed by atoms with van der Waals surface area (Å²) in [5, 5.41) is 12.3. The van der Waals surface area contributed by atoms with Crippen molar-refractivity contribution in [2.45, 2.75) is 44.2 Å². The van der Waals surface area contributed by atoms with E-state index in [2.05, 4.69) is 5.32 Å². The average molecular weight is 212 g/mol. The Morgan fingerprint density at radius 3 is 2.93 bits per heavy atom. The molecule has 1 heterocycles. The second kappa shape index (κ2) is 4.49. The lowest BCUT2D eigenvalue weighted by Crippen LogP contribution is -2.35. The number of fused-ring (bicyclic) bond motifs is 1. The van der Waals surface area contributed by atoms with Gasteiger partial charge in [0.2, 0.25) is 0 Å². The Kier molecular flexibility index (Phi) is 3.26. The van der Waals surface area contributed by atoms with Crippen LogP contribution in [0.5, 0.6) is 0 Å². The molecule has 1 saturated heterocycles. The van der Waals surface area contributed by atoms with E-state index in [4.69, 9.17) is 10.8 Å². The lowest BCUT2D eigenvalue weighted by Gasteiger charge is -2.29. The van der Waals surface area contributed by atoms with E-state index < -0.39 is 12.0 Å². The molecule has 86 valence electrons. The number of carbonyl (C=O) groups is 1. The maximum absolute atomic E-state index is 10.7. The van der Waals surface area contributed by atoms with Crippen molar-refractivity contribution in [1.82, 2.24) is 5.32 Å². The highest BCUT2D eigenvalue weighted by Gasteiger charge is 2.38. The van der Waals surface area contributed by atoms with Crippen LogP contribution in [-0.4, -0.2) is 29.7 Å². The third-order valence-corrected chi connectivity index (χ3v) is 3.94. The maximum Gasteiger partial charge on any atom is 0.320 e. The number of nitrogens with one attached hydrogen (secondary N) is 1. The highest BCUT2D eigenvalue weighted by Crippen LogP contribution is 2.36. The van der Waals surface area contributed by atoms with Crippen LogP contribution in [0.2, 0.25) is 0 Å². The molecule has 4 unspecified atom stereocenters. The fourth-order valence-electron chi connectivity index (χ4n) is 3.12. The van der Waals surface area contributed by atoms with Crippen molar-refractivity contribution < 1.29 is 9.90 Å². The Morgan fingerprint density at radius 1 is 1.47 bits per heavy atom. The Labute approximate surface area is 90.2 Å². The molecule has 15 heavy (non-hydrogen) atoms. The Bertz CT molecular complexity index is 245. The van der Waals surface area contributed by atoms with Crippen molar-refractivity contribution >= 4 is 5.97 Å². The van der Waals surface area contributed by atoms with Crippen LogP contribution in [0.4, 0.5) is 0 Å². The van der Waals surface area contributed by atoms with Gasteiger partial charge in [0.05, 0.1) is 0 Å². The van der Waals surface area contributed by atoms with Crippen molar-refractivity contribution in [2.75, 3.05) is 6.54 Å². The molecule has 0 aromatic heterocycles. The number of hydrogen-bond acceptors (Lipinski definition) is 3. The van der Waals surface area contributed by atoms with Gasteiger partial charge in [-0.05, 0) is 37.6 Å². The molecule has 4 atom stereocenters. The molecule has 0 bridgehead atoms. The second-order valence-electron chi connectivity index (χ2n) is 4.90. The Balaban J connectivity index is 1.90. The number of nitrogens with two attached hydrogens (primary N) is 1. The first-order valence-electron chi connectivity index (χ1n) is 5.90. The highest BCUT2D eigenvalue weighted by molar-refractivity contribution is 5.73. The molecule has 0 amide bonds. The fourth-order valence-corrected chi connectivity index (χ4v) is 3.12. The summed E-state index contributed by atoms with van der Waals surface area (Å²) >= 11 is 0. The first-order chi connectivity index (χ1) is 7.18. The fraction of sp³-hybridized carbons (Fsp3) is 0.909. The summed E-state index contributed by atoms with van der Waals surface area (Å²) in [5.74, 6) is 0.278. The van der Waals surface area contributed by atoms with Crippen LogP contribution < -0.4 is 11.1 Å². The van der Waals surface area contributed by atoms with Crippen molar-refractivity contribution in [2.24, 2.45) is 17.6 Å². The summed E-state index contributed by atoms with van der Waals surface area (Å²) < 4.78 is 0. The Morgan fingerprint density at radius 2 is 2.20 bits per heavy atom. The number of carboxylic acids is 1. The van der Waals surface area contributed by atoms with Gasteiger partial charge in [0, 0.05) is 6.04 Å². The van der Waals surface area contributed by atoms with E-state index >= 15 is 0 Å². The zero-order valence-corrected chi connectivity index (χ0v) is 8.98. The van der Waals surface area contributed by atoms with Crippen LogP contribution in [0.3, 0.4) is 0 Å². The lowest BCUT2D eigenvalue weighted by atomic mass is 9.78. The van der Waals surface area contributed by atoms with Crippen LogP contribution in [0.15, 0.2) is 0 Å². The van der Waals surface area contributed by atoms with E-state index in [1.54, 1.807) is 0 Å². The summed E-state index contributed by atoms with van der Waals surface area (Å²) in [6, 6.07) is -0.0535. The van der Waals surface area contributed by atoms with Gasteiger partial charge in [-0.15, -0.1) is 0 Å². The number of aliphatic carboxylic acids is 1.